The fourth-order valence-corrected chi connectivity index (χ4v) is 2.50. The number of rotatable bonds is 5. The molecule has 0 heterocycles. The van der Waals surface area contributed by atoms with Gasteiger partial charge in [0.15, 0.2) is 0 Å². The molecule has 1 N–H and O–H groups in total. The molecule has 2 heteroatoms. The van der Waals surface area contributed by atoms with Crippen molar-refractivity contribution in [1.29, 1.82) is 0 Å². The zero-order valence-corrected chi connectivity index (χ0v) is 11.2. The largest absolute Gasteiger partial charge is 0.378 e. The van der Waals surface area contributed by atoms with Crippen molar-refractivity contribution in [2.45, 2.75) is 31.7 Å². The van der Waals surface area contributed by atoms with E-state index in [-0.39, 0.29) is 0 Å². The molecule has 1 aliphatic rings. The molecule has 1 aromatic rings. The average Bonchev–Trinajstić information content (AvgIpc) is 2.28. The van der Waals surface area contributed by atoms with Crippen molar-refractivity contribution in [2.24, 2.45) is 5.92 Å². The van der Waals surface area contributed by atoms with Crippen molar-refractivity contribution in [1.82, 2.24) is 5.32 Å². The maximum atomic E-state index is 3.47. The highest BCUT2D eigenvalue weighted by Gasteiger charge is 2.22. The summed E-state index contributed by atoms with van der Waals surface area (Å²) >= 11 is 0. The average molecular weight is 232 g/mol. The molecule has 1 unspecified atom stereocenters. The molecular formula is C15H24N2. The summed E-state index contributed by atoms with van der Waals surface area (Å²) in [4.78, 5) is 2.17. The Hall–Kier alpha value is -1.02. The highest BCUT2D eigenvalue weighted by atomic mass is 15.1. The lowest BCUT2D eigenvalue weighted by atomic mass is 9.79. The second-order valence-corrected chi connectivity index (χ2v) is 5.36. The van der Waals surface area contributed by atoms with Crippen molar-refractivity contribution in [3.8, 4) is 0 Å². The molecule has 0 amide bonds. The Morgan fingerprint density at radius 3 is 2.65 bits per heavy atom. The number of nitrogens with one attached hydrogen (secondary N) is 1. The van der Waals surface area contributed by atoms with Crippen LogP contribution in [0.4, 0.5) is 5.69 Å². The summed E-state index contributed by atoms with van der Waals surface area (Å²) in [5, 5.41) is 3.47. The van der Waals surface area contributed by atoms with Crippen LogP contribution in [0.25, 0.3) is 0 Å². The minimum atomic E-state index is 0.514. The standard InChI is InChI=1S/C15H24N2/c1-16-15(10-12-6-4-7-12)13-8-5-9-14(11-13)17(2)3/h5,8-9,11-12,15-16H,4,6-7,10H2,1-3H3. The first-order valence-corrected chi connectivity index (χ1v) is 6.65. The number of hydrogen-bond acceptors (Lipinski definition) is 2. The summed E-state index contributed by atoms with van der Waals surface area (Å²) in [5.41, 5.74) is 2.71. The van der Waals surface area contributed by atoms with Gasteiger partial charge in [-0.2, -0.15) is 0 Å². The van der Waals surface area contributed by atoms with Crippen LogP contribution in [0.1, 0.15) is 37.3 Å². The molecule has 1 saturated carbocycles. The van der Waals surface area contributed by atoms with Gasteiger partial charge in [0, 0.05) is 25.8 Å². The maximum absolute atomic E-state index is 3.47. The van der Waals surface area contributed by atoms with E-state index >= 15 is 0 Å². The monoisotopic (exact) mass is 232 g/mol. The van der Waals surface area contributed by atoms with Gasteiger partial charge in [0.25, 0.3) is 0 Å². The Balaban J connectivity index is 2.09. The van der Waals surface area contributed by atoms with Crippen molar-refractivity contribution in [2.75, 3.05) is 26.0 Å². The number of hydrogen-bond donors (Lipinski definition) is 1. The van der Waals surface area contributed by atoms with Gasteiger partial charge >= 0.3 is 0 Å². The Morgan fingerprint density at radius 1 is 1.35 bits per heavy atom. The van der Waals surface area contributed by atoms with Crippen molar-refractivity contribution >= 4 is 5.69 Å². The molecule has 1 fully saturated rings. The van der Waals surface area contributed by atoms with Crippen molar-refractivity contribution in [3.05, 3.63) is 29.8 Å². The van der Waals surface area contributed by atoms with E-state index in [1.54, 1.807) is 0 Å². The van der Waals surface area contributed by atoms with Gasteiger partial charge in [0.1, 0.15) is 0 Å². The van der Waals surface area contributed by atoms with Crippen LogP contribution in [-0.4, -0.2) is 21.1 Å². The highest BCUT2D eigenvalue weighted by molar-refractivity contribution is 5.47. The Labute approximate surface area is 105 Å². The maximum Gasteiger partial charge on any atom is 0.0364 e. The molecular weight excluding hydrogens is 208 g/mol. The predicted molar refractivity (Wildman–Crippen MR) is 74.5 cm³/mol. The van der Waals surface area contributed by atoms with E-state index in [0.29, 0.717) is 6.04 Å². The van der Waals surface area contributed by atoms with Crippen LogP contribution >= 0.6 is 0 Å². The Kier molecular flexibility index (Phi) is 4.06. The van der Waals surface area contributed by atoms with Crippen LogP contribution in [0.3, 0.4) is 0 Å². The molecule has 0 bridgehead atoms. The first-order valence-electron chi connectivity index (χ1n) is 6.65. The summed E-state index contributed by atoms with van der Waals surface area (Å²) in [6.07, 6.45) is 5.56. The summed E-state index contributed by atoms with van der Waals surface area (Å²) < 4.78 is 0. The quantitative estimate of drug-likeness (QED) is 0.838. The van der Waals surface area contributed by atoms with Crippen LogP contribution in [0.2, 0.25) is 0 Å². The van der Waals surface area contributed by atoms with Gasteiger partial charge in [-0.15, -0.1) is 0 Å². The molecule has 1 atom stereocenters. The number of benzene rings is 1. The second kappa shape index (κ2) is 5.54. The summed E-state index contributed by atoms with van der Waals surface area (Å²) in [7, 11) is 6.27. The van der Waals surface area contributed by atoms with Gasteiger partial charge in [-0.1, -0.05) is 31.4 Å². The number of anilines is 1. The minimum Gasteiger partial charge on any atom is -0.378 e. The van der Waals surface area contributed by atoms with E-state index in [1.165, 1.54) is 36.9 Å². The Morgan fingerprint density at radius 2 is 2.12 bits per heavy atom. The molecule has 2 nitrogen and oxygen atoms in total. The topological polar surface area (TPSA) is 15.3 Å². The third-order valence-electron chi connectivity index (χ3n) is 3.93. The van der Waals surface area contributed by atoms with Gasteiger partial charge in [-0.3, -0.25) is 0 Å². The van der Waals surface area contributed by atoms with E-state index < -0.39 is 0 Å². The lowest BCUT2D eigenvalue weighted by molar-refractivity contribution is 0.266. The molecule has 0 radical (unpaired) electrons. The van der Waals surface area contributed by atoms with E-state index in [0.717, 1.165) is 5.92 Å². The summed E-state index contributed by atoms with van der Waals surface area (Å²) in [6.45, 7) is 0. The summed E-state index contributed by atoms with van der Waals surface area (Å²) in [6, 6.07) is 9.39. The SMILES string of the molecule is CNC(CC1CCC1)c1cccc(N(C)C)c1. The van der Waals surface area contributed by atoms with Crippen LogP contribution in [0.5, 0.6) is 0 Å². The molecule has 0 aliphatic heterocycles. The second-order valence-electron chi connectivity index (χ2n) is 5.36. The molecule has 0 aromatic heterocycles. The summed E-state index contributed by atoms with van der Waals surface area (Å²) in [5.74, 6) is 0.940. The normalized spacial score (nSPS) is 17.6. The van der Waals surface area contributed by atoms with Crippen LogP contribution in [0.15, 0.2) is 24.3 Å². The van der Waals surface area contributed by atoms with E-state index in [9.17, 15) is 0 Å². The predicted octanol–water partition coefficient (Wildman–Crippen LogP) is 3.20. The van der Waals surface area contributed by atoms with E-state index in [1.807, 2.05) is 0 Å². The molecule has 17 heavy (non-hydrogen) atoms. The van der Waals surface area contributed by atoms with Gasteiger partial charge in [-0.25, -0.2) is 0 Å². The van der Waals surface area contributed by atoms with Crippen LogP contribution < -0.4 is 10.2 Å². The van der Waals surface area contributed by atoms with Crippen molar-refractivity contribution in [3.63, 3.8) is 0 Å². The lowest BCUT2D eigenvalue weighted by Crippen LogP contribution is -2.23. The zero-order valence-electron chi connectivity index (χ0n) is 11.2. The molecule has 2 rings (SSSR count). The highest BCUT2D eigenvalue weighted by Crippen LogP contribution is 2.35. The van der Waals surface area contributed by atoms with E-state index in [4.69, 9.17) is 0 Å². The molecule has 94 valence electrons. The fraction of sp³-hybridized carbons (Fsp3) is 0.600. The first kappa shape index (κ1) is 12.4. The first-order chi connectivity index (χ1) is 8.20. The van der Waals surface area contributed by atoms with Gasteiger partial charge in [-0.05, 0) is 37.1 Å². The van der Waals surface area contributed by atoms with E-state index in [2.05, 4.69) is 55.6 Å². The Bertz CT molecular complexity index is 356. The van der Waals surface area contributed by atoms with Crippen LogP contribution in [-0.2, 0) is 0 Å². The lowest BCUT2D eigenvalue weighted by Gasteiger charge is -2.30. The van der Waals surface area contributed by atoms with Gasteiger partial charge < -0.3 is 10.2 Å². The van der Waals surface area contributed by atoms with Gasteiger partial charge in [0.2, 0.25) is 0 Å². The van der Waals surface area contributed by atoms with Crippen LogP contribution in [0, 0.1) is 5.92 Å². The third-order valence-corrected chi connectivity index (χ3v) is 3.93. The fourth-order valence-electron chi connectivity index (χ4n) is 2.50. The van der Waals surface area contributed by atoms with Crippen molar-refractivity contribution < 1.29 is 0 Å². The molecule has 1 aliphatic carbocycles. The molecule has 0 spiro atoms. The smallest absolute Gasteiger partial charge is 0.0364 e. The van der Waals surface area contributed by atoms with Gasteiger partial charge in [0.05, 0.1) is 0 Å². The zero-order chi connectivity index (χ0) is 12.3. The molecule has 1 aromatic carbocycles. The minimum absolute atomic E-state index is 0.514. The molecule has 0 saturated heterocycles. The third kappa shape index (κ3) is 3.01. The number of nitrogens with zero attached hydrogens (tertiary/aromatic N) is 1.